The summed E-state index contributed by atoms with van der Waals surface area (Å²) in [5.74, 6) is 0.0156. The Morgan fingerprint density at radius 2 is 2.00 bits per heavy atom. The summed E-state index contributed by atoms with van der Waals surface area (Å²) in [4.78, 5) is 11.8. The Hall–Kier alpha value is -2.73. The summed E-state index contributed by atoms with van der Waals surface area (Å²) in [7, 11) is 0. The maximum absolute atomic E-state index is 13.1. The Kier molecular flexibility index (Phi) is 6.45. The van der Waals surface area contributed by atoms with Gasteiger partial charge < -0.3 is 10.1 Å². The number of carbonyl (C=O) groups excluding carboxylic acids is 1. The summed E-state index contributed by atoms with van der Waals surface area (Å²) in [5.41, 5.74) is 1.33. The van der Waals surface area contributed by atoms with Crippen molar-refractivity contribution in [1.82, 2.24) is 5.32 Å². The van der Waals surface area contributed by atoms with Crippen LogP contribution in [0.1, 0.15) is 12.5 Å². The molecule has 2 rings (SSSR count). The number of nitrogens with one attached hydrogen (secondary N) is 2. The molecule has 0 atom stereocenters. The van der Waals surface area contributed by atoms with Gasteiger partial charge in [-0.25, -0.2) is 4.39 Å². The Morgan fingerprint density at radius 3 is 2.67 bits per heavy atom. The summed E-state index contributed by atoms with van der Waals surface area (Å²) in [5, 5.41) is 5.34. The lowest BCUT2D eigenvalue weighted by Crippen LogP contribution is -2.32. The van der Waals surface area contributed by atoms with E-state index < -0.39 is 0 Å². The standard InChI is InChI=1S/C18H17FN2O2S/c1-2-23-16-9-6-13(7-10-16)8-11-17(22)21-18(24)20-15-5-3-4-14(19)12-15/h3-12H,2H2,1H3,(H2,20,21,22,24)/b11-8+. The molecule has 0 radical (unpaired) electrons. The van der Waals surface area contributed by atoms with Crippen LogP contribution in [-0.2, 0) is 4.79 Å². The van der Waals surface area contributed by atoms with Gasteiger partial charge in [0.2, 0.25) is 5.91 Å². The molecule has 6 heteroatoms. The van der Waals surface area contributed by atoms with Gasteiger partial charge in [0.15, 0.2) is 5.11 Å². The van der Waals surface area contributed by atoms with Crippen LogP contribution in [0, 0.1) is 5.82 Å². The van der Waals surface area contributed by atoms with E-state index in [1.54, 1.807) is 18.2 Å². The molecule has 0 heterocycles. The van der Waals surface area contributed by atoms with Crippen LogP contribution in [0.15, 0.2) is 54.6 Å². The highest BCUT2D eigenvalue weighted by molar-refractivity contribution is 7.80. The summed E-state index contributed by atoms with van der Waals surface area (Å²) in [6.07, 6.45) is 3.03. The van der Waals surface area contributed by atoms with Gasteiger partial charge in [0.1, 0.15) is 11.6 Å². The van der Waals surface area contributed by atoms with E-state index >= 15 is 0 Å². The second kappa shape index (κ2) is 8.79. The van der Waals surface area contributed by atoms with Gasteiger partial charge in [-0.3, -0.25) is 10.1 Å². The van der Waals surface area contributed by atoms with Crippen molar-refractivity contribution in [2.75, 3.05) is 11.9 Å². The third-order valence-electron chi connectivity index (χ3n) is 2.94. The van der Waals surface area contributed by atoms with Crippen molar-refractivity contribution in [3.05, 3.63) is 66.0 Å². The largest absolute Gasteiger partial charge is 0.494 e. The second-order valence-electron chi connectivity index (χ2n) is 4.79. The highest BCUT2D eigenvalue weighted by atomic mass is 32.1. The van der Waals surface area contributed by atoms with E-state index in [-0.39, 0.29) is 16.8 Å². The van der Waals surface area contributed by atoms with Gasteiger partial charge in [-0.05, 0) is 61.1 Å². The summed E-state index contributed by atoms with van der Waals surface area (Å²) < 4.78 is 18.4. The zero-order valence-corrected chi connectivity index (χ0v) is 13.9. The predicted octanol–water partition coefficient (Wildman–Crippen LogP) is 3.75. The molecular formula is C18H17FN2O2S. The number of hydrogen-bond donors (Lipinski definition) is 2. The number of hydrogen-bond acceptors (Lipinski definition) is 3. The molecule has 0 spiro atoms. The third kappa shape index (κ3) is 5.81. The van der Waals surface area contributed by atoms with E-state index in [1.165, 1.54) is 18.2 Å². The molecule has 0 saturated heterocycles. The lowest BCUT2D eigenvalue weighted by atomic mass is 10.2. The highest BCUT2D eigenvalue weighted by Gasteiger charge is 2.02. The van der Waals surface area contributed by atoms with E-state index in [2.05, 4.69) is 10.6 Å². The van der Waals surface area contributed by atoms with Crippen LogP contribution in [0.3, 0.4) is 0 Å². The molecule has 0 aliphatic rings. The van der Waals surface area contributed by atoms with Crippen molar-refractivity contribution in [3.8, 4) is 5.75 Å². The number of thiocarbonyl (C=S) groups is 1. The normalized spacial score (nSPS) is 10.4. The SMILES string of the molecule is CCOc1ccc(/C=C/C(=O)NC(=S)Nc2cccc(F)c2)cc1. The van der Waals surface area contributed by atoms with Crippen molar-refractivity contribution in [2.24, 2.45) is 0 Å². The van der Waals surface area contributed by atoms with Gasteiger partial charge in [-0.2, -0.15) is 0 Å². The van der Waals surface area contributed by atoms with Gasteiger partial charge in [0.25, 0.3) is 0 Å². The zero-order chi connectivity index (χ0) is 17.4. The van der Waals surface area contributed by atoms with Crippen LogP contribution in [0.2, 0.25) is 0 Å². The smallest absolute Gasteiger partial charge is 0.250 e. The predicted molar refractivity (Wildman–Crippen MR) is 97.4 cm³/mol. The molecule has 2 N–H and O–H groups in total. The van der Waals surface area contributed by atoms with Crippen molar-refractivity contribution in [3.63, 3.8) is 0 Å². The number of benzene rings is 2. The first-order valence-electron chi connectivity index (χ1n) is 7.35. The molecule has 1 amide bonds. The van der Waals surface area contributed by atoms with E-state index in [9.17, 15) is 9.18 Å². The van der Waals surface area contributed by atoms with Gasteiger partial charge >= 0.3 is 0 Å². The molecule has 0 bridgehead atoms. The van der Waals surface area contributed by atoms with Gasteiger partial charge in [0.05, 0.1) is 6.61 Å². The maximum Gasteiger partial charge on any atom is 0.250 e. The monoisotopic (exact) mass is 344 g/mol. The van der Waals surface area contributed by atoms with Crippen LogP contribution in [0.25, 0.3) is 6.08 Å². The summed E-state index contributed by atoms with van der Waals surface area (Å²) >= 11 is 5.02. The second-order valence-corrected chi connectivity index (χ2v) is 5.20. The Morgan fingerprint density at radius 1 is 1.25 bits per heavy atom. The molecule has 124 valence electrons. The number of amides is 1. The molecule has 0 aromatic heterocycles. The number of carbonyl (C=O) groups is 1. The first-order valence-corrected chi connectivity index (χ1v) is 7.76. The van der Waals surface area contributed by atoms with E-state index in [0.29, 0.717) is 12.3 Å². The minimum atomic E-state index is -0.385. The Labute approximate surface area is 145 Å². The molecule has 24 heavy (non-hydrogen) atoms. The molecule has 0 aliphatic heterocycles. The lowest BCUT2D eigenvalue weighted by Gasteiger charge is -2.08. The van der Waals surface area contributed by atoms with Crippen molar-refractivity contribution in [1.29, 1.82) is 0 Å². The topological polar surface area (TPSA) is 50.4 Å². The van der Waals surface area contributed by atoms with Crippen molar-refractivity contribution >= 4 is 35.0 Å². The van der Waals surface area contributed by atoms with Crippen molar-refractivity contribution in [2.45, 2.75) is 6.92 Å². The number of ether oxygens (including phenoxy) is 1. The molecule has 0 saturated carbocycles. The molecule has 0 unspecified atom stereocenters. The van der Waals surface area contributed by atoms with Crippen LogP contribution in [-0.4, -0.2) is 17.6 Å². The number of halogens is 1. The molecule has 0 fully saturated rings. The summed E-state index contributed by atoms with van der Waals surface area (Å²) in [6, 6.07) is 13.2. The quantitative estimate of drug-likeness (QED) is 0.641. The van der Waals surface area contributed by atoms with Crippen LogP contribution < -0.4 is 15.4 Å². The van der Waals surface area contributed by atoms with E-state index in [0.717, 1.165) is 11.3 Å². The van der Waals surface area contributed by atoms with Crippen LogP contribution in [0.4, 0.5) is 10.1 Å². The molecule has 2 aromatic carbocycles. The number of rotatable bonds is 5. The van der Waals surface area contributed by atoms with Gasteiger partial charge in [-0.1, -0.05) is 18.2 Å². The average molecular weight is 344 g/mol. The van der Waals surface area contributed by atoms with E-state index in [1.807, 2.05) is 31.2 Å². The molecule has 4 nitrogen and oxygen atoms in total. The lowest BCUT2D eigenvalue weighted by molar-refractivity contribution is -0.115. The first kappa shape index (κ1) is 17.6. The molecule has 0 aliphatic carbocycles. The third-order valence-corrected chi connectivity index (χ3v) is 3.14. The first-order chi connectivity index (χ1) is 11.6. The van der Waals surface area contributed by atoms with Gasteiger partial charge in [0, 0.05) is 11.8 Å². The highest BCUT2D eigenvalue weighted by Crippen LogP contribution is 2.13. The zero-order valence-electron chi connectivity index (χ0n) is 13.1. The Balaban J connectivity index is 1.86. The fraction of sp³-hybridized carbons (Fsp3) is 0.111. The molecule has 2 aromatic rings. The van der Waals surface area contributed by atoms with E-state index in [4.69, 9.17) is 17.0 Å². The van der Waals surface area contributed by atoms with Crippen LogP contribution in [0.5, 0.6) is 5.75 Å². The fourth-order valence-electron chi connectivity index (χ4n) is 1.90. The summed E-state index contributed by atoms with van der Waals surface area (Å²) in [6.45, 7) is 2.52. The molecular weight excluding hydrogens is 327 g/mol. The maximum atomic E-state index is 13.1. The van der Waals surface area contributed by atoms with Crippen LogP contribution >= 0.6 is 12.2 Å². The average Bonchev–Trinajstić information content (AvgIpc) is 2.54. The fourth-order valence-corrected chi connectivity index (χ4v) is 2.11. The van der Waals surface area contributed by atoms with Gasteiger partial charge in [-0.15, -0.1) is 0 Å². The minimum Gasteiger partial charge on any atom is -0.494 e. The van der Waals surface area contributed by atoms with Crippen molar-refractivity contribution < 1.29 is 13.9 Å². The Bertz CT molecular complexity index is 745. The number of anilines is 1. The minimum absolute atomic E-state index is 0.0990.